The highest BCUT2D eigenvalue weighted by Crippen LogP contribution is 2.29. The number of nitrogens with zero attached hydrogens (tertiary/aromatic N) is 1. The molecule has 0 radical (unpaired) electrons. The molecule has 72 valence electrons. The van der Waals surface area contributed by atoms with Crippen molar-refractivity contribution in [2.75, 3.05) is 0 Å². The second-order valence-corrected chi connectivity index (χ2v) is 4.96. The van der Waals surface area contributed by atoms with Crippen molar-refractivity contribution >= 4 is 46.1 Å². The van der Waals surface area contributed by atoms with Crippen LogP contribution >= 0.6 is 46.1 Å². The van der Waals surface area contributed by atoms with Crippen molar-refractivity contribution in [3.63, 3.8) is 0 Å². The Labute approximate surface area is 100 Å². The maximum Gasteiger partial charge on any atom is 0.184 e. The first-order valence-electron chi connectivity index (χ1n) is 3.72. The minimum Gasteiger partial charge on any atom is -0.225 e. The first-order chi connectivity index (χ1) is 6.65. The Hall–Kier alpha value is -0.280. The average Bonchev–Trinajstić information content (AvgIpc) is 2.50. The minimum absolute atomic E-state index is 0.510. The summed E-state index contributed by atoms with van der Waals surface area (Å²) in [7, 11) is 0. The quantitative estimate of drug-likeness (QED) is 0.723. The summed E-state index contributed by atoms with van der Waals surface area (Å²) in [5.74, 6) is 0. The molecule has 1 heterocycles. The van der Waals surface area contributed by atoms with Gasteiger partial charge in [-0.05, 0) is 18.2 Å². The number of rotatable bonds is 1. The summed E-state index contributed by atoms with van der Waals surface area (Å²) in [6.45, 7) is 0. The smallest absolute Gasteiger partial charge is 0.184 e. The summed E-state index contributed by atoms with van der Waals surface area (Å²) in [6.07, 6.45) is 0. The van der Waals surface area contributed by atoms with Crippen molar-refractivity contribution in [2.45, 2.75) is 0 Å². The fourth-order valence-electron chi connectivity index (χ4n) is 1.09. The van der Waals surface area contributed by atoms with Gasteiger partial charge >= 0.3 is 0 Å². The van der Waals surface area contributed by atoms with Crippen LogP contribution in [0.3, 0.4) is 0 Å². The van der Waals surface area contributed by atoms with Crippen molar-refractivity contribution in [3.8, 4) is 11.3 Å². The normalized spacial score (nSPS) is 10.5. The summed E-state index contributed by atoms with van der Waals surface area (Å²) in [4.78, 5) is 4.13. The summed E-state index contributed by atoms with van der Waals surface area (Å²) in [5, 5.41) is 3.05. The van der Waals surface area contributed by atoms with Gasteiger partial charge in [-0.25, -0.2) is 4.98 Å². The molecule has 0 amide bonds. The molecule has 2 rings (SSSR count). The van der Waals surface area contributed by atoms with Crippen LogP contribution in [0.2, 0.25) is 14.5 Å². The molecule has 0 aliphatic rings. The van der Waals surface area contributed by atoms with Crippen molar-refractivity contribution in [3.05, 3.63) is 38.1 Å². The van der Waals surface area contributed by atoms with E-state index in [-0.39, 0.29) is 0 Å². The van der Waals surface area contributed by atoms with Gasteiger partial charge < -0.3 is 0 Å². The van der Waals surface area contributed by atoms with Gasteiger partial charge in [0, 0.05) is 21.0 Å². The zero-order chi connectivity index (χ0) is 10.1. The number of hydrogen-bond donors (Lipinski definition) is 0. The molecule has 0 unspecified atom stereocenters. The lowest BCUT2D eigenvalue weighted by Crippen LogP contribution is -1.77. The van der Waals surface area contributed by atoms with E-state index < -0.39 is 0 Å². The van der Waals surface area contributed by atoms with Crippen LogP contribution in [0.5, 0.6) is 0 Å². The van der Waals surface area contributed by atoms with Gasteiger partial charge in [0.05, 0.1) is 5.69 Å². The zero-order valence-corrected chi connectivity index (χ0v) is 9.88. The van der Waals surface area contributed by atoms with Crippen LogP contribution in [0.4, 0.5) is 0 Å². The number of halogens is 3. The van der Waals surface area contributed by atoms with Gasteiger partial charge in [-0.15, -0.1) is 11.3 Å². The monoisotopic (exact) mass is 263 g/mol. The number of hydrogen-bond acceptors (Lipinski definition) is 2. The summed E-state index contributed by atoms with van der Waals surface area (Å²) < 4.78 is 0.510. The fraction of sp³-hybridized carbons (Fsp3) is 0. The molecular weight excluding hydrogens is 261 g/mol. The van der Waals surface area contributed by atoms with Crippen LogP contribution < -0.4 is 0 Å². The third-order valence-corrected chi connectivity index (χ3v) is 3.05. The first-order valence-corrected chi connectivity index (χ1v) is 5.74. The van der Waals surface area contributed by atoms with Gasteiger partial charge in [0.1, 0.15) is 0 Å². The molecule has 1 nitrogen and oxygen atoms in total. The molecule has 0 aliphatic carbocycles. The molecule has 0 saturated carbocycles. The third-order valence-electron chi connectivity index (χ3n) is 1.63. The molecule has 0 fully saturated rings. The van der Waals surface area contributed by atoms with E-state index in [1.807, 2.05) is 5.38 Å². The topological polar surface area (TPSA) is 12.9 Å². The molecule has 0 atom stereocenters. The number of thiazole rings is 1. The molecule has 1 aromatic heterocycles. The van der Waals surface area contributed by atoms with Crippen molar-refractivity contribution in [1.82, 2.24) is 4.98 Å². The second kappa shape index (κ2) is 4.07. The van der Waals surface area contributed by atoms with E-state index in [1.165, 1.54) is 11.3 Å². The van der Waals surface area contributed by atoms with Crippen LogP contribution in [0.1, 0.15) is 0 Å². The van der Waals surface area contributed by atoms with E-state index >= 15 is 0 Å². The van der Waals surface area contributed by atoms with Gasteiger partial charge in [0.15, 0.2) is 4.47 Å². The lowest BCUT2D eigenvalue weighted by atomic mass is 10.2. The van der Waals surface area contributed by atoms with Gasteiger partial charge in [-0.2, -0.15) is 0 Å². The average molecular weight is 265 g/mol. The van der Waals surface area contributed by atoms with Gasteiger partial charge in [-0.1, -0.05) is 34.8 Å². The van der Waals surface area contributed by atoms with E-state index in [9.17, 15) is 0 Å². The van der Waals surface area contributed by atoms with Crippen molar-refractivity contribution in [2.24, 2.45) is 0 Å². The van der Waals surface area contributed by atoms with Crippen LogP contribution in [0.15, 0.2) is 23.6 Å². The number of benzene rings is 1. The Morgan fingerprint density at radius 1 is 1.00 bits per heavy atom. The molecule has 0 aliphatic heterocycles. The second-order valence-electron chi connectivity index (χ2n) is 2.64. The van der Waals surface area contributed by atoms with Crippen molar-refractivity contribution in [1.29, 1.82) is 0 Å². The fourth-order valence-corrected chi connectivity index (χ4v) is 2.39. The molecule has 0 spiro atoms. The van der Waals surface area contributed by atoms with E-state index in [2.05, 4.69) is 4.98 Å². The maximum absolute atomic E-state index is 5.87. The predicted molar refractivity (Wildman–Crippen MR) is 62.6 cm³/mol. The predicted octanol–water partition coefficient (Wildman–Crippen LogP) is 4.77. The van der Waals surface area contributed by atoms with Gasteiger partial charge in [0.25, 0.3) is 0 Å². The molecule has 2 aromatic rings. The van der Waals surface area contributed by atoms with E-state index in [1.54, 1.807) is 18.2 Å². The SMILES string of the molecule is Clc1cc(Cl)cc(-c2csc(Cl)n2)c1. The van der Waals surface area contributed by atoms with E-state index in [0.29, 0.717) is 14.5 Å². The molecule has 14 heavy (non-hydrogen) atoms. The van der Waals surface area contributed by atoms with Gasteiger partial charge in [0.2, 0.25) is 0 Å². The zero-order valence-electron chi connectivity index (χ0n) is 6.80. The molecule has 1 aromatic carbocycles. The van der Waals surface area contributed by atoms with E-state index in [0.717, 1.165) is 11.3 Å². The van der Waals surface area contributed by atoms with Crippen molar-refractivity contribution < 1.29 is 0 Å². The molecule has 0 saturated heterocycles. The lowest BCUT2D eigenvalue weighted by molar-refractivity contribution is 1.41. The maximum atomic E-state index is 5.87. The lowest BCUT2D eigenvalue weighted by Gasteiger charge is -1.98. The summed E-state index contributed by atoms with van der Waals surface area (Å²) >= 11 is 18.8. The van der Waals surface area contributed by atoms with Crippen LogP contribution in [0, 0.1) is 0 Å². The van der Waals surface area contributed by atoms with Crippen LogP contribution in [-0.4, -0.2) is 4.98 Å². The summed E-state index contributed by atoms with van der Waals surface area (Å²) in [5.41, 5.74) is 1.68. The Kier molecular flexibility index (Phi) is 2.98. The highest BCUT2D eigenvalue weighted by Gasteiger charge is 2.04. The highest BCUT2D eigenvalue weighted by atomic mass is 35.5. The Morgan fingerprint density at radius 3 is 2.14 bits per heavy atom. The van der Waals surface area contributed by atoms with Gasteiger partial charge in [-0.3, -0.25) is 0 Å². The molecule has 0 bridgehead atoms. The minimum atomic E-state index is 0.510. The standard InChI is InChI=1S/C9H4Cl3NS/c10-6-1-5(2-7(11)3-6)8-4-14-9(12)13-8/h1-4H. The Morgan fingerprint density at radius 2 is 1.64 bits per heavy atom. The first kappa shape index (κ1) is 10.2. The largest absolute Gasteiger partial charge is 0.225 e. The Bertz CT molecular complexity index is 447. The van der Waals surface area contributed by atoms with Crippen LogP contribution in [0.25, 0.3) is 11.3 Å². The van der Waals surface area contributed by atoms with E-state index in [4.69, 9.17) is 34.8 Å². The highest BCUT2D eigenvalue weighted by molar-refractivity contribution is 7.14. The summed E-state index contributed by atoms with van der Waals surface area (Å²) in [6, 6.07) is 5.29. The van der Waals surface area contributed by atoms with Crippen LogP contribution in [-0.2, 0) is 0 Å². The molecular formula is C9H4Cl3NS. The molecule has 5 heteroatoms. The third kappa shape index (κ3) is 2.20. The Balaban J connectivity index is 2.51. The molecule has 0 N–H and O–H groups in total. The number of aromatic nitrogens is 1.